The van der Waals surface area contributed by atoms with Gasteiger partial charge in [0.15, 0.2) is 0 Å². The third kappa shape index (κ3) is 2.03. The third-order valence-corrected chi connectivity index (χ3v) is 2.10. The first-order chi connectivity index (χ1) is 4.68. The Hall–Kier alpha value is -0.500. The van der Waals surface area contributed by atoms with Crippen LogP contribution in [0.1, 0.15) is 18.7 Å². The van der Waals surface area contributed by atoms with Crippen LogP contribution < -0.4 is 5.32 Å². The third-order valence-electron chi connectivity index (χ3n) is 1.17. The zero-order chi connectivity index (χ0) is 7.56. The van der Waals surface area contributed by atoms with Gasteiger partial charge in [-0.2, -0.15) is 0 Å². The summed E-state index contributed by atoms with van der Waals surface area (Å²) in [6, 6.07) is 4.80. The molecule has 1 aromatic rings. The molecule has 0 saturated carbocycles. The first-order valence-corrected chi connectivity index (χ1v) is 4.33. The lowest BCUT2D eigenvalue weighted by atomic mass is 10.4. The predicted molar refractivity (Wildman–Crippen MR) is 47.8 cm³/mol. The van der Waals surface area contributed by atoms with Gasteiger partial charge >= 0.3 is 0 Å². The Labute approximate surface area is 66.1 Å². The van der Waals surface area contributed by atoms with E-state index in [-0.39, 0.29) is 0 Å². The summed E-state index contributed by atoms with van der Waals surface area (Å²) in [7, 11) is 0. The molecule has 0 aliphatic carbocycles. The van der Waals surface area contributed by atoms with Crippen molar-refractivity contribution < 1.29 is 0 Å². The standard InChI is InChI=1S/C8H13NS/c1-6(2)9-8-5-4-7(3)10-8/h4-6,9H,1-3H3. The molecule has 0 unspecified atom stereocenters. The summed E-state index contributed by atoms with van der Waals surface area (Å²) < 4.78 is 0. The van der Waals surface area contributed by atoms with Gasteiger partial charge in [-0.05, 0) is 32.9 Å². The van der Waals surface area contributed by atoms with Gasteiger partial charge in [0.2, 0.25) is 0 Å². The fourth-order valence-electron chi connectivity index (χ4n) is 0.797. The van der Waals surface area contributed by atoms with Crippen LogP contribution >= 0.6 is 11.3 Å². The van der Waals surface area contributed by atoms with Crippen molar-refractivity contribution >= 4 is 16.3 Å². The van der Waals surface area contributed by atoms with Crippen LogP contribution in [0, 0.1) is 6.92 Å². The van der Waals surface area contributed by atoms with Gasteiger partial charge in [-0.25, -0.2) is 0 Å². The highest BCUT2D eigenvalue weighted by Gasteiger charge is 1.96. The van der Waals surface area contributed by atoms with Crippen molar-refractivity contribution in [2.24, 2.45) is 0 Å². The normalized spacial score (nSPS) is 10.4. The molecular formula is C8H13NS. The van der Waals surface area contributed by atoms with E-state index >= 15 is 0 Å². The summed E-state index contributed by atoms with van der Waals surface area (Å²) >= 11 is 1.80. The largest absolute Gasteiger partial charge is 0.375 e. The number of rotatable bonds is 2. The van der Waals surface area contributed by atoms with E-state index in [1.54, 1.807) is 11.3 Å². The lowest BCUT2D eigenvalue weighted by Crippen LogP contribution is -2.07. The van der Waals surface area contributed by atoms with Crippen LogP contribution in [0.15, 0.2) is 12.1 Å². The monoisotopic (exact) mass is 155 g/mol. The fraction of sp³-hybridized carbons (Fsp3) is 0.500. The van der Waals surface area contributed by atoms with Crippen LogP contribution in [0.25, 0.3) is 0 Å². The molecule has 2 heteroatoms. The Morgan fingerprint density at radius 3 is 2.50 bits per heavy atom. The van der Waals surface area contributed by atoms with Crippen LogP contribution in [0.3, 0.4) is 0 Å². The lowest BCUT2D eigenvalue weighted by Gasteiger charge is -2.05. The smallest absolute Gasteiger partial charge is 0.0887 e. The highest BCUT2D eigenvalue weighted by atomic mass is 32.1. The summed E-state index contributed by atoms with van der Waals surface area (Å²) in [5.41, 5.74) is 0. The molecule has 10 heavy (non-hydrogen) atoms. The maximum atomic E-state index is 3.34. The summed E-state index contributed by atoms with van der Waals surface area (Å²) in [6.07, 6.45) is 0. The van der Waals surface area contributed by atoms with Gasteiger partial charge < -0.3 is 5.32 Å². The van der Waals surface area contributed by atoms with Gasteiger partial charge in [0.1, 0.15) is 0 Å². The van der Waals surface area contributed by atoms with E-state index in [0.29, 0.717) is 6.04 Å². The SMILES string of the molecule is Cc1ccc(NC(C)C)s1. The minimum atomic E-state index is 0.540. The average molecular weight is 155 g/mol. The Bertz CT molecular complexity index is 203. The Balaban J connectivity index is 2.58. The van der Waals surface area contributed by atoms with Crippen LogP contribution in [0.5, 0.6) is 0 Å². The van der Waals surface area contributed by atoms with E-state index in [4.69, 9.17) is 0 Å². The molecule has 0 atom stereocenters. The van der Waals surface area contributed by atoms with E-state index in [2.05, 4.69) is 38.2 Å². The molecule has 0 fully saturated rings. The molecular weight excluding hydrogens is 142 g/mol. The number of nitrogens with one attached hydrogen (secondary N) is 1. The molecule has 1 aromatic heterocycles. The molecule has 56 valence electrons. The van der Waals surface area contributed by atoms with Crippen molar-refractivity contribution in [3.8, 4) is 0 Å². The molecule has 0 spiro atoms. The number of thiophene rings is 1. The van der Waals surface area contributed by atoms with Crippen LogP contribution in [-0.4, -0.2) is 6.04 Å². The van der Waals surface area contributed by atoms with Gasteiger partial charge in [0.25, 0.3) is 0 Å². The van der Waals surface area contributed by atoms with Gasteiger partial charge in [-0.15, -0.1) is 11.3 Å². The molecule has 0 amide bonds. The molecule has 0 aliphatic rings. The minimum absolute atomic E-state index is 0.540. The van der Waals surface area contributed by atoms with Crippen LogP contribution in [-0.2, 0) is 0 Å². The predicted octanol–water partition coefficient (Wildman–Crippen LogP) is 2.88. The maximum Gasteiger partial charge on any atom is 0.0887 e. The van der Waals surface area contributed by atoms with Crippen LogP contribution in [0.4, 0.5) is 5.00 Å². The first kappa shape index (κ1) is 7.61. The van der Waals surface area contributed by atoms with Gasteiger partial charge in [0.05, 0.1) is 5.00 Å². The highest BCUT2D eigenvalue weighted by Crippen LogP contribution is 2.20. The molecule has 1 nitrogen and oxygen atoms in total. The summed E-state index contributed by atoms with van der Waals surface area (Å²) in [4.78, 5) is 1.36. The lowest BCUT2D eigenvalue weighted by molar-refractivity contribution is 0.904. The second-order valence-corrected chi connectivity index (χ2v) is 4.00. The van der Waals surface area contributed by atoms with Crippen molar-refractivity contribution in [2.45, 2.75) is 26.8 Å². The molecule has 1 rings (SSSR count). The van der Waals surface area contributed by atoms with E-state index in [0.717, 1.165) is 0 Å². The van der Waals surface area contributed by atoms with E-state index in [1.807, 2.05) is 0 Å². The number of aryl methyl sites for hydroxylation is 1. The Morgan fingerprint density at radius 1 is 1.40 bits per heavy atom. The van der Waals surface area contributed by atoms with E-state index < -0.39 is 0 Å². The number of anilines is 1. The molecule has 0 bridgehead atoms. The molecule has 0 radical (unpaired) electrons. The van der Waals surface area contributed by atoms with Crippen molar-refractivity contribution in [1.82, 2.24) is 0 Å². The van der Waals surface area contributed by atoms with Crippen LogP contribution in [0.2, 0.25) is 0 Å². The summed E-state index contributed by atoms with van der Waals surface area (Å²) in [5.74, 6) is 0. The van der Waals surface area contributed by atoms with Gasteiger partial charge in [0, 0.05) is 10.9 Å². The van der Waals surface area contributed by atoms with Gasteiger partial charge in [-0.1, -0.05) is 0 Å². The zero-order valence-electron chi connectivity index (χ0n) is 6.64. The second kappa shape index (κ2) is 3.06. The molecule has 0 aliphatic heterocycles. The van der Waals surface area contributed by atoms with E-state index in [9.17, 15) is 0 Å². The molecule has 1 N–H and O–H groups in total. The maximum absolute atomic E-state index is 3.34. The van der Waals surface area contributed by atoms with Crippen molar-refractivity contribution in [2.75, 3.05) is 5.32 Å². The molecule has 0 aromatic carbocycles. The van der Waals surface area contributed by atoms with Crippen molar-refractivity contribution in [3.63, 3.8) is 0 Å². The Kier molecular flexibility index (Phi) is 2.33. The second-order valence-electron chi connectivity index (χ2n) is 2.71. The molecule has 0 saturated heterocycles. The van der Waals surface area contributed by atoms with Crippen molar-refractivity contribution in [1.29, 1.82) is 0 Å². The fourth-order valence-corrected chi connectivity index (χ4v) is 1.71. The quantitative estimate of drug-likeness (QED) is 0.692. The van der Waals surface area contributed by atoms with E-state index in [1.165, 1.54) is 9.88 Å². The summed E-state index contributed by atoms with van der Waals surface area (Å²) in [6.45, 7) is 6.42. The Morgan fingerprint density at radius 2 is 2.10 bits per heavy atom. The zero-order valence-corrected chi connectivity index (χ0v) is 7.46. The highest BCUT2D eigenvalue weighted by molar-refractivity contribution is 7.16. The van der Waals surface area contributed by atoms with Gasteiger partial charge in [-0.3, -0.25) is 0 Å². The average Bonchev–Trinajstić information content (AvgIpc) is 2.13. The molecule has 1 heterocycles. The van der Waals surface area contributed by atoms with Crippen molar-refractivity contribution in [3.05, 3.63) is 17.0 Å². The topological polar surface area (TPSA) is 12.0 Å². The number of hydrogen-bond donors (Lipinski definition) is 1. The minimum Gasteiger partial charge on any atom is -0.375 e. The number of hydrogen-bond acceptors (Lipinski definition) is 2. The first-order valence-electron chi connectivity index (χ1n) is 3.51. The summed E-state index contributed by atoms with van der Waals surface area (Å²) in [5, 5.41) is 4.61.